The molecule has 0 unspecified atom stereocenters. The molecule has 1 fully saturated rings. The summed E-state index contributed by atoms with van der Waals surface area (Å²) in [6.07, 6.45) is 6.59. The molecule has 1 aliphatic heterocycles. The summed E-state index contributed by atoms with van der Waals surface area (Å²) in [6, 6.07) is 15.7. The van der Waals surface area contributed by atoms with Crippen molar-refractivity contribution in [3.05, 3.63) is 107 Å². The highest BCUT2D eigenvalue weighted by molar-refractivity contribution is 6.00. The fraction of sp³-hybridized carbons (Fsp3) is 0.375. The lowest BCUT2D eigenvalue weighted by Crippen LogP contribution is -2.48. The minimum atomic E-state index is -0.852. The summed E-state index contributed by atoms with van der Waals surface area (Å²) < 4.78 is 7.45. The first-order valence-corrected chi connectivity index (χ1v) is 14.5. The molecule has 3 heterocycles. The molecule has 220 valence electrons. The van der Waals surface area contributed by atoms with Crippen molar-refractivity contribution in [2.75, 3.05) is 13.1 Å². The second-order valence-electron chi connectivity index (χ2n) is 10.7. The van der Waals surface area contributed by atoms with Gasteiger partial charge in [0.15, 0.2) is 0 Å². The standard InChI is InChI=1S/C32H38N6O4/c1-3-37-20-24(18-34-37)17-33-19-29(39)27(15-23-9-5-4-6-10-23)36-30(40)25-11-7-12-26(16-25)32(41)38-14-8-13-28(38)31-35-22(2)21-42-31/h4-7,9-12,16,18,20-21,27-29,33,39H,3,8,13-15,17,19H2,1-2H3,(H,36,40)/t27-,28+,29-/m0/s1. The Kier molecular flexibility index (Phi) is 9.45. The lowest BCUT2D eigenvalue weighted by atomic mass is 10.00. The number of aliphatic hydroxyl groups excluding tert-OH is 1. The molecular weight excluding hydrogens is 532 g/mol. The van der Waals surface area contributed by atoms with Crippen LogP contribution in [0.5, 0.6) is 0 Å². The molecule has 10 nitrogen and oxygen atoms in total. The number of rotatable bonds is 12. The van der Waals surface area contributed by atoms with Gasteiger partial charge in [0.05, 0.1) is 24.0 Å². The first-order chi connectivity index (χ1) is 20.4. The Morgan fingerprint density at radius 1 is 1.12 bits per heavy atom. The van der Waals surface area contributed by atoms with Crippen LogP contribution in [-0.2, 0) is 19.5 Å². The highest BCUT2D eigenvalue weighted by atomic mass is 16.3. The summed E-state index contributed by atoms with van der Waals surface area (Å²) in [5.41, 5.74) is 3.57. The van der Waals surface area contributed by atoms with Gasteiger partial charge in [0.2, 0.25) is 5.89 Å². The lowest BCUT2D eigenvalue weighted by Gasteiger charge is -2.25. The smallest absolute Gasteiger partial charge is 0.254 e. The van der Waals surface area contributed by atoms with E-state index in [1.165, 1.54) is 0 Å². The summed E-state index contributed by atoms with van der Waals surface area (Å²) in [5, 5.41) is 21.7. The van der Waals surface area contributed by atoms with Crippen LogP contribution in [0.15, 0.2) is 77.7 Å². The second kappa shape index (κ2) is 13.6. The van der Waals surface area contributed by atoms with Crippen molar-refractivity contribution in [1.82, 2.24) is 30.3 Å². The zero-order chi connectivity index (χ0) is 29.5. The van der Waals surface area contributed by atoms with Crippen molar-refractivity contribution in [2.24, 2.45) is 0 Å². The van der Waals surface area contributed by atoms with Crippen LogP contribution in [0.25, 0.3) is 0 Å². The van der Waals surface area contributed by atoms with E-state index in [2.05, 4.69) is 20.7 Å². The van der Waals surface area contributed by atoms with E-state index in [0.29, 0.717) is 36.5 Å². The minimum absolute atomic E-state index is 0.167. The molecule has 3 atom stereocenters. The van der Waals surface area contributed by atoms with Gasteiger partial charge in [-0.05, 0) is 56.9 Å². The monoisotopic (exact) mass is 570 g/mol. The number of hydrogen-bond acceptors (Lipinski definition) is 7. The van der Waals surface area contributed by atoms with Crippen molar-refractivity contribution < 1.29 is 19.1 Å². The molecule has 3 N–H and O–H groups in total. The molecule has 2 aromatic heterocycles. The molecule has 0 radical (unpaired) electrons. The molecule has 2 aromatic carbocycles. The lowest BCUT2D eigenvalue weighted by molar-refractivity contribution is 0.0715. The second-order valence-corrected chi connectivity index (χ2v) is 10.7. The van der Waals surface area contributed by atoms with Gasteiger partial charge in [0, 0.05) is 49.1 Å². The van der Waals surface area contributed by atoms with Gasteiger partial charge in [-0.15, -0.1) is 0 Å². The first kappa shape index (κ1) is 29.2. The average molecular weight is 571 g/mol. The number of amides is 2. The Hall–Kier alpha value is -4.28. The molecule has 2 amide bonds. The maximum atomic E-state index is 13.5. The summed E-state index contributed by atoms with van der Waals surface area (Å²) >= 11 is 0. The van der Waals surface area contributed by atoms with Gasteiger partial charge >= 0.3 is 0 Å². The molecule has 0 saturated carbocycles. The number of carbonyl (C=O) groups is 2. The number of aliphatic hydroxyl groups is 1. The van der Waals surface area contributed by atoms with Crippen LogP contribution >= 0.6 is 0 Å². The van der Waals surface area contributed by atoms with Gasteiger partial charge in [-0.2, -0.15) is 5.10 Å². The van der Waals surface area contributed by atoms with E-state index in [9.17, 15) is 14.7 Å². The summed E-state index contributed by atoms with van der Waals surface area (Å²) in [7, 11) is 0. The Balaban J connectivity index is 1.26. The topological polar surface area (TPSA) is 126 Å². The molecule has 10 heteroatoms. The Bertz CT molecular complexity index is 1480. The van der Waals surface area contributed by atoms with Crippen molar-refractivity contribution in [2.45, 2.75) is 64.4 Å². The zero-order valence-electron chi connectivity index (χ0n) is 24.1. The average Bonchev–Trinajstić information content (AvgIpc) is 3.78. The summed E-state index contributed by atoms with van der Waals surface area (Å²) in [4.78, 5) is 33.2. The maximum Gasteiger partial charge on any atom is 0.254 e. The number of carbonyl (C=O) groups excluding carboxylic acids is 2. The molecule has 0 aliphatic carbocycles. The molecule has 1 aliphatic rings. The van der Waals surface area contributed by atoms with Crippen LogP contribution in [0, 0.1) is 6.92 Å². The number of aryl methyl sites for hydroxylation is 2. The molecule has 4 aromatic rings. The molecule has 0 spiro atoms. The third-order valence-electron chi connectivity index (χ3n) is 7.58. The normalized spacial score (nSPS) is 16.4. The molecule has 5 rings (SSSR count). The summed E-state index contributed by atoms with van der Waals surface area (Å²) in [6.45, 7) is 6.11. The van der Waals surface area contributed by atoms with Crippen molar-refractivity contribution >= 4 is 11.8 Å². The van der Waals surface area contributed by atoms with Crippen LogP contribution in [-0.4, -0.2) is 61.8 Å². The number of likely N-dealkylation sites (tertiary alicyclic amines) is 1. The fourth-order valence-corrected chi connectivity index (χ4v) is 5.33. The van der Waals surface area contributed by atoms with E-state index in [0.717, 1.165) is 36.2 Å². The summed E-state index contributed by atoms with van der Waals surface area (Å²) in [5.74, 6) is 0.0208. The van der Waals surface area contributed by atoms with Gasteiger partial charge in [0.1, 0.15) is 12.3 Å². The van der Waals surface area contributed by atoms with Crippen LogP contribution < -0.4 is 10.6 Å². The Labute approximate surface area is 245 Å². The van der Waals surface area contributed by atoms with Crippen LogP contribution in [0.2, 0.25) is 0 Å². The van der Waals surface area contributed by atoms with Crippen LogP contribution in [0.4, 0.5) is 0 Å². The van der Waals surface area contributed by atoms with Gasteiger partial charge in [-0.3, -0.25) is 14.3 Å². The van der Waals surface area contributed by atoms with E-state index in [1.807, 2.05) is 55.1 Å². The number of hydrogen-bond donors (Lipinski definition) is 3. The van der Waals surface area contributed by atoms with E-state index in [-0.39, 0.29) is 24.4 Å². The van der Waals surface area contributed by atoms with Gasteiger partial charge < -0.3 is 25.1 Å². The van der Waals surface area contributed by atoms with Crippen LogP contribution in [0.1, 0.15) is 69.2 Å². The van der Waals surface area contributed by atoms with E-state index < -0.39 is 12.1 Å². The maximum absolute atomic E-state index is 13.5. The highest BCUT2D eigenvalue weighted by Gasteiger charge is 2.34. The Morgan fingerprint density at radius 3 is 2.67 bits per heavy atom. The van der Waals surface area contributed by atoms with Gasteiger partial charge in [0.25, 0.3) is 11.8 Å². The van der Waals surface area contributed by atoms with Crippen LogP contribution in [0.3, 0.4) is 0 Å². The van der Waals surface area contributed by atoms with Gasteiger partial charge in [-0.1, -0.05) is 36.4 Å². The molecular formula is C32H38N6O4. The van der Waals surface area contributed by atoms with Crippen molar-refractivity contribution in [3.63, 3.8) is 0 Å². The number of benzene rings is 2. The number of oxazole rings is 1. The molecule has 1 saturated heterocycles. The largest absolute Gasteiger partial charge is 0.446 e. The number of aromatic nitrogens is 3. The third-order valence-corrected chi connectivity index (χ3v) is 7.58. The third kappa shape index (κ3) is 7.13. The highest BCUT2D eigenvalue weighted by Crippen LogP contribution is 2.32. The predicted octanol–water partition coefficient (Wildman–Crippen LogP) is 3.67. The minimum Gasteiger partial charge on any atom is -0.446 e. The molecule has 42 heavy (non-hydrogen) atoms. The molecule has 0 bridgehead atoms. The van der Waals surface area contributed by atoms with Crippen molar-refractivity contribution in [1.29, 1.82) is 0 Å². The zero-order valence-corrected chi connectivity index (χ0v) is 24.1. The van der Waals surface area contributed by atoms with E-state index in [1.54, 1.807) is 41.6 Å². The number of nitrogens with zero attached hydrogens (tertiary/aromatic N) is 4. The quantitative estimate of drug-likeness (QED) is 0.237. The Morgan fingerprint density at radius 2 is 1.93 bits per heavy atom. The van der Waals surface area contributed by atoms with E-state index >= 15 is 0 Å². The van der Waals surface area contributed by atoms with Gasteiger partial charge in [-0.25, -0.2) is 4.98 Å². The first-order valence-electron chi connectivity index (χ1n) is 14.5. The fourth-order valence-electron chi connectivity index (χ4n) is 5.33. The van der Waals surface area contributed by atoms with Crippen molar-refractivity contribution in [3.8, 4) is 0 Å². The number of nitrogens with one attached hydrogen (secondary N) is 2. The SMILES string of the molecule is CCn1cc(CNC[C@H](O)[C@H](Cc2ccccc2)NC(=O)c2cccc(C(=O)N3CCC[C@@H]3c3nc(C)co3)c2)cn1. The predicted molar refractivity (Wildman–Crippen MR) is 158 cm³/mol. The van der Waals surface area contributed by atoms with E-state index in [4.69, 9.17) is 4.42 Å².